The summed E-state index contributed by atoms with van der Waals surface area (Å²) in [6, 6.07) is 6.00. The van der Waals surface area contributed by atoms with Gasteiger partial charge in [-0.3, -0.25) is 0 Å². The Morgan fingerprint density at radius 3 is 2.44 bits per heavy atom. The third kappa shape index (κ3) is 3.16. The van der Waals surface area contributed by atoms with E-state index in [1.54, 1.807) is 0 Å². The minimum Gasteiger partial charge on any atom is -0.399 e. The van der Waals surface area contributed by atoms with Crippen molar-refractivity contribution in [3.63, 3.8) is 0 Å². The number of anilines is 2. The molecule has 0 amide bonds. The molecule has 0 aliphatic carbocycles. The van der Waals surface area contributed by atoms with E-state index in [1.165, 1.54) is 11.3 Å². The van der Waals surface area contributed by atoms with Gasteiger partial charge in [0.1, 0.15) is 0 Å². The number of hydrogen-bond acceptors (Lipinski definition) is 2. The topological polar surface area (TPSA) is 38.0 Å². The maximum atomic E-state index is 5.73. The number of nitrogens with one attached hydrogen (secondary N) is 1. The molecule has 0 heterocycles. The minimum absolute atomic E-state index is 0.299. The average Bonchev–Trinajstić information content (AvgIpc) is 2.16. The Hall–Kier alpha value is -1.18. The molecule has 0 atom stereocenters. The lowest BCUT2D eigenvalue weighted by Crippen LogP contribution is -2.28. The Bertz CT molecular complexity index is 354. The van der Waals surface area contributed by atoms with E-state index >= 15 is 0 Å². The summed E-state index contributed by atoms with van der Waals surface area (Å²) in [6.45, 7) is 12.2. The van der Waals surface area contributed by atoms with E-state index in [9.17, 15) is 0 Å². The second-order valence-corrected chi connectivity index (χ2v) is 5.57. The van der Waals surface area contributed by atoms with Crippen molar-refractivity contribution in [2.24, 2.45) is 11.3 Å². The number of aryl methyl sites for hydroxylation is 1. The zero-order valence-electron chi connectivity index (χ0n) is 11.1. The summed E-state index contributed by atoms with van der Waals surface area (Å²) in [5, 5.41) is 3.51. The lowest BCUT2D eigenvalue weighted by Gasteiger charge is -2.30. The summed E-state index contributed by atoms with van der Waals surface area (Å²) >= 11 is 0. The third-order valence-corrected chi connectivity index (χ3v) is 3.55. The lowest BCUT2D eigenvalue weighted by molar-refractivity contribution is 0.269. The first kappa shape index (κ1) is 12.9. The van der Waals surface area contributed by atoms with E-state index in [2.05, 4.69) is 46.0 Å². The van der Waals surface area contributed by atoms with Crippen LogP contribution >= 0.6 is 0 Å². The molecular formula is C14H24N2. The van der Waals surface area contributed by atoms with E-state index in [0.29, 0.717) is 11.3 Å². The van der Waals surface area contributed by atoms with Gasteiger partial charge in [0.15, 0.2) is 0 Å². The van der Waals surface area contributed by atoms with Gasteiger partial charge < -0.3 is 11.1 Å². The summed E-state index contributed by atoms with van der Waals surface area (Å²) in [6.07, 6.45) is 0. The van der Waals surface area contributed by atoms with Crippen LogP contribution in [0.15, 0.2) is 18.2 Å². The molecule has 1 rings (SSSR count). The van der Waals surface area contributed by atoms with Crippen LogP contribution in [0.1, 0.15) is 33.3 Å². The van der Waals surface area contributed by atoms with Gasteiger partial charge in [-0.1, -0.05) is 27.7 Å². The van der Waals surface area contributed by atoms with Crippen molar-refractivity contribution in [2.45, 2.75) is 34.6 Å². The zero-order chi connectivity index (χ0) is 12.3. The van der Waals surface area contributed by atoms with Crippen molar-refractivity contribution in [1.82, 2.24) is 0 Å². The normalized spacial score (nSPS) is 11.9. The van der Waals surface area contributed by atoms with Crippen LogP contribution in [-0.2, 0) is 0 Å². The first-order valence-corrected chi connectivity index (χ1v) is 5.93. The van der Waals surface area contributed by atoms with Crippen LogP contribution in [0.4, 0.5) is 11.4 Å². The lowest BCUT2D eigenvalue weighted by atomic mass is 9.81. The minimum atomic E-state index is 0.299. The molecule has 1 aromatic carbocycles. The van der Waals surface area contributed by atoms with Gasteiger partial charge in [0.2, 0.25) is 0 Å². The van der Waals surface area contributed by atoms with Gasteiger partial charge in [-0.05, 0) is 42.0 Å². The van der Waals surface area contributed by atoms with Gasteiger partial charge in [0.05, 0.1) is 0 Å². The van der Waals surface area contributed by atoms with Gasteiger partial charge in [-0.15, -0.1) is 0 Å². The Balaban J connectivity index is 2.68. The molecule has 0 aliphatic heterocycles. The van der Waals surface area contributed by atoms with Crippen molar-refractivity contribution in [3.05, 3.63) is 23.8 Å². The molecule has 1 aromatic rings. The monoisotopic (exact) mass is 220 g/mol. The molecule has 2 nitrogen and oxygen atoms in total. The van der Waals surface area contributed by atoms with Crippen LogP contribution in [-0.4, -0.2) is 6.54 Å². The second-order valence-electron chi connectivity index (χ2n) is 5.57. The SMILES string of the molecule is Cc1cc(N)ccc1NCC(C)(C)C(C)C. The molecule has 0 spiro atoms. The summed E-state index contributed by atoms with van der Waals surface area (Å²) in [4.78, 5) is 0. The average molecular weight is 220 g/mol. The fraction of sp³-hybridized carbons (Fsp3) is 0.571. The quantitative estimate of drug-likeness (QED) is 0.760. The van der Waals surface area contributed by atoms with E-state index < -0.39 is 0 Å². The van der Waals surface area contributed by atoms with Crippen molar-refractivity contribution in [1.29, 1.82) is 0 Å². The smallest absolute Gasteiger partial charge is 0.0371 e. The first-order chi connectivity index (χ1) is 7.33. The highest BCUT2D eigenvalue weighted by Crippen LogP contribution is 2.27. The van der Waals surface area contributed by atoms with E-state index in [0.717, 1.165) is 12.2 Å². The fourth-order valence-corrected chi connectivity index (χ4v) is 1.41. The second kappa shape index (κ2) is 4.77. The highest BCUT2D eigenvalue weighted by atomic mass is 14.9. The molecule has 0 bridgehead atoms. The molecule has 0 unspecified atom stereocenters. The fourth-order valence-electron chi connectivity index (χ4n) is 1.41. The highest BCUT2D eigenvalue weighted by Gasteiger charge is 2.21. The van der Waals surface area contributed by atoms with Gasteiger partial charge >= 0.3 is 0 Å². The van der Waals surface area contributed by atoms with Crippen molar-refractivity contribution in [3.8, 4) is 0 Å². The number of hydrogen-bond donors (Lipinski definition) is 2. The molecule has 0 fully saturated rings. The Kier molecular flexibility index (Phi) is 3.84. The molecule has 2 heteroatoms. The summed E-state index contributed by atoms with van der Waals surface area (Å²) in [7, 11) is 0. The van der Waals surface area contributed by atoms with Crippen LogP contribution in [0, 0.1) is 18.3 Å². The van der Waals surface area contributed by atoms with Crippen molar-refractivity contribution >= 4 is 11.4 Å². The Morgan fingerprint density at radius 2 is 1.94 bits per heavy atom. The zero-order valence-corrected chi connectivity index (χ0v) is 11.1. The molecule has 3 N–H and O–H groups in total. The molecule has 0 aliphatic rings. The summed E-state index contributed by atoms with van der Waals surface area (Å²) in [5.74, 6) is 0.661. The molecule has 0 saturated heterocycles. The standard InChI is InChI=1S/C14H24N2/c1-10(2)14(4,5)9-16-13-7-6-12(15)8-11(13)3/h6-8,10,16H,9,15H2,1-5H3. The molecule has 16 heavy (non-hydrogen) atoms. The number of rotatable bonds is 4. The predicted molar refractivity (Wildman–Crippen MR) is 72.7 cm³/mol. The van der Waals surface area contributed by atoms with Gasteiger partial charge in [-0.25, -0.2) is 0 Å². The number of benzene rings is 1. The summed E-state index contributed by atoms with van der Waals surface area (Å²) < 4.78 is 0. The molecule has 0 saturated carbocycles. The number of nitrogens with two attached hydrogens (primary N) is 1. The third-order valence-electron chi connectivity index (χ3n) is 3.55. The number of nitrogen functional groups attached to an aromatic ring is 1. The van der Waals surface area contributed by atoms with Gasteiger partial charge in [0, 0.05) is 17.9 Å². The van der Waals surface area contributed by atoms with Crippen LogP contribution in [0.5, 0.6) is 0 Å². The van der Waals surface area contributed by atoms with E-state index in [4.69, 9.17) is 5.73 Å². The van der Waals surface area contributed by atoms with Crippen LogP contribution in [0.2, 0.25) is 0 Å². The van der Waals surface area contributed by atoms with E-state index in [1.807, 2.05) is 12.1 Å². The van der Waals surface area contributed by atoms with Crippen molar-refractivity contribution in [2.75, 3.05) is 17.6 Å². The molecule has 90 valence electrons. The highest BCUT2D eigenvalue weighted by molar-refractivity contribution is 5.57. The first-order valence-electron chi connectivity index (χ1n) is 5.93. The van der Waals surface area contributed by atoms with Crippen molar-refractivity contribution < 1.29 is 0 Å². The largest absolute Gasteiger partial charge is 0.399 e. The molecule has 0 aromatic heterocycles. The predicted octanol–water partition coefficient (Wildman–Crippen LogP) is 3.67. The van der Waals surface area contributed by atoms with Crippen LogP contribution in [0.25, 0.3) is 0 Å². The molecular weight excluding hydrogens is 196 g/mol. The van der Waals surface area contributed by atoms with Crippen LogP contribution < -0.4 is 11.1 Å². The van der Waals surface area contributed by atoms with E-state index in [-0.39, 0.29) is 0 Å². The maximum Gasteiger partial charge on any atom is 0.0371 e. The van der Waals surface area contributed by atoms with Gasteiger partial charge in [0.25, 0.3) is 0 Å². The van der Waals surface area contributed by atoms with Gasteiger partial charge in [-0.2, -0.15) is 0 Å². The maximum absolute atomic E-state index is 5.73. The summed E-state index contributed by atoms with van der Waals surface area (Å²) in [5.41, 5.74) is 9.25. The Morgan fingerprint density at radius 1 is 1.31 bits per heavy atom. The Labute approximate surface area is 99.2 Å². The molecule has 0 radical (unpaired) electrons. The van der Waals surface area contributed by atoms with Crippen LogP contribution in [0.3, 0.4) is 0 Å².